The average molecular weight is 425 g/mol. The van der Waals surface area contributed by atoms with Crippen LogP contribution in [0.15, 0.2) is 29.2 Å². The van der Waals surface area contributed by atoms with E-state index >= 15 is 0 Å². The largest absolute Gasteiger partial charge is 0.383 e. The molecule has 2 N–H and O–H groups in total. The number of methoxy groups -OCH3 is 1. The van der Waals surface area contributed by atoms with Crippen LogP contribution < -0.4 is 16.4 Å². The Kier molecular flexibility index (Phi) is 5.14. The predicted octanol–water partition coefficient (Wildman–Crippen LogP) is 1.50. The number of hydrogen-bond donors (Lipinski definition) is 2. The summed E-state index contributed by atoms with van der Waals surface area (Å²) in [4.78, 5) is 30.7. The highest BCUT2D eigenvalue weighted by atomic mass is 32.1. The van der Waals surface area contributed by atoms with Crippen LogP contribution in [-0.2, 0) is 11.3 Å². The van der Waals surface area contributed by atoms with Crippen molar-refractivity contribution >= 4 is 39.1 Å². The van der Waals surface area contributed by atoms with E-state index in [1.165, 1.54) is 26.4 Å². The van der Waals surface area contributed by atoms with E-state index in [4.69, 9.17) is 10.1 Å². The van der Waals surface area contributed by atoms with Crippen LogP contribution in [0.4, 0.5) is 5.13 Å². The molecule has 0 aromatic carbocycles. The van der Waals surface area contributed by atoms with Gasteiger partial charge in [-0.2, -0.15) is 0 Å². The van der Waals surface area contributed by atoms with Gasteiger partial charge in [0.2, 0.25) is 5.13 Å². The van der Waals surface area contributed by atoms with Crippen molar-refractivity contribution in [2.24, 2.45) is 0 Å². The van der Waals surface area contributed by atoms with Crippen LogP contribution in [0, 0.1) is 19.3 Å². The summed E-state index contributed by atoms with van der Waals surface area (Å²) >= 11 is 1.22. The third-order valence-electron chi connectivity index (χ3n) is 4.64. The van der Waals surface area contributed by atoms with Crippen LogP contribution in [0.1, 0.15) is 20.9 Å². The lowest BCUT2D eigenvalue weighted by Crippen LogP contribution is -2.33. The summed E-state index contributed by atoms with van der Waals surface area (Å²) in [6, 6.07) is 5.04. The Morgan fingerprint density at radius 1 is 1.30 bits per heavy atom. The van der Waals surface area contributed by atoms with Crippen molar-refractivity contribution in [1.29, 1.82) is 5.41 Å². The van der Waals surface area contributed by atoms with Gasteiger partial charge >= 0.3 is 0 Å². The Morgan fingerprint density at radius 2 is 2.10 bits per heavy atom. The zero-order valence-electron chi connectivity index (χ0n) is 16.6. The maximum Gasteiger partial charge on any atom is 0.267 e. The molecule has 4 heterocycles. The van der Waals surface area contributed by atoms with Crippen LogP contribution >= 0.6 is 11.3 Å². The maximum atomic E-state index is 13.2. The number of anilines is 1. The van der Waals surface area contributed by atoms with Gasteiger partial charge in [0.1, 0.15) is 21.8 Å². The summed E-state index contributed by atoms with van der Waals surface area (Å²) in [5.74, 6) is -0.544. The van der Waals surface area contributed by atoms with Crippen LogP contribution in [0.5, 0.6) is 0 Å². The number of pyridine rings is 2. The molecule has 11 heteroatoms. The molecule has 0 saturated heterocycles. The van der Waals surface area contributed by atoms with E-state index < -0.39 is 5.91 Å². The minimum absolute atomic E-state index is 0.0398. The van der Waals surface area contributed by atoms with Gasteiger partial charge < -0.3 is 9.30 Å². The molecule has 1 amide bonds. The van der Waals surface area contributed by atoms with Gasteiger partial charge in [0.05, 0.1) is 17.6 Å². The molecule has 0 unspecified atom stereocenters. The van der Waals surface area contributed by atoms with Gasteiger partial charge in [0.25, 0.3) is 11.5 Å². The fraction of sp³-hybridized carbons (Fsp3) is 0.263. The standard InChI is InChI=1S/C19H19N7O3S/c1-10-5-4-6-26-15(10)21-16-13(18(26)28)9-12(14(20)25(16)7-8-29-3)17(27)22-19-24-23-11(2)30-19/h4-6,9,20H,7-8H2,1-3H3,(H,22,24,27). The second-order valence-electron chi connectivity index (χ2n) is 6.67. The van der Waals surface area contributed by atoms with Gasteiger partial charge in [0, 0.05) is 19.9 Å². The Balaban J connectivity index is 1.97. The summed E-state index contributed by atoms with van der Waals surface area (Å²) in [5.41, 5.74) is 1.32. The molecule has 0 atom stereocenters. The van der Waals surface area contributed by atoms with E-state index in [9.17, 15) is 9.59 Å². The van der Waals surface area contributed by atoms with E-state index in [-0.39, 0.29) is 28.5 Å². The monoisotopic (exact) mass is 425 g/mol. The molecule has 0 aliphatic heterocycles. The van der Waals surface area contributed by atoms with Crippen molar-refractivity contribution in [1.82, 2.24) is 24.1 Å². The molecular weight excluding hydrogens is 406 g/mol. The van der Waals surface area contributed by atoms with Crippen LogP contribution in [0.2, 0.25) is 0 Å². The zero-order chi connectivity index (χ0) is 21.4. The fourth-order valence-electron chi connectivity index (χ4n) is 3.18. The number of rotatable bonds is 5. The number of hydrogen-bond acceptors (Lipinski definition) is 8. The molecular formula is C19H19N7O3S. The third kappa shape index (κ3) is 3.37. The number of fused-ring (bicyclic) bond motifs is 2. The van der Waals surface area contributed by atoms with Crippen LogP contribution in [0.3, 0.4) is 0 Å². The smallest absolute Gasteiger partial charge is 0.267 e. The predicted molar refractivity (Wildman–Crippen MR) is 112 cm³/mol. The maximum absolute atomic E-state index is 13.2. The number of amides is 1. The van der Waals surface area contributed by atoms with Gasteiger partial charge in [-0.25, -0.2) is 4.98 Å². The molecule has 0 aliphatic carbocycles. The van der Waals surface area contributed by atoms with E-state index in [1.807, 2.05) is 13.0 Å². The molecule has 0 radical (unpaired) electrons. The Hall–Kier alpha value is -3.44. The Morgan fingerprint density at radius 3 is 2.80 bits per heavy atom. The van der Waals surface area contributed by atoms with Gasteiger partial charge in [-0.1, -0.05) is 17.4 Å². The molecule has 0 saturated carbocycles. The lowest BCUT2D eigenvalue weighted by atomic mass is 10.2. The molecule has 4 rings (SSSR count). The van der Waals surface area contributed by atoms with Crippen molar-refractivity contribution in [2.45, 2.75) is 20.4 Å². The summed E-state index contributed by atoms with van der Waals surface area (Å²) in [6.45, 7) is 4.19. The van der Waals surface area contributed by atoms with E-state index in [0.717, 1.165) is 5.56 Å². The number of carbonyl (C=O) groups is 1. The Bertz CT molecular complexity index is 1400. The molecule has 0 fully saturated rings. The molecule has 10 nitrogen and oxygen atoms in total. The minimum Gasteiger partial charge on any atom is -0.383 e. The third-order valence-corrected chi connectivity index (χ3v) is 5.40. The second kappa shape index (κ2) is 7.76. The summed E-state index contributed by atoms with van der Waals surface area (Å²) < 4.78 is 8.12. The minimum atomic E-state index is -0.544. The van der Waals surface area contributed by atoms with Crippen molar-refractivity contribution in [3.05, 3.63) is 56.4 Å². The van der Waals surface area contributed by atoms with E-state index in [1.54, 1.807) is 26.3 Å². The number of carbonyl (C=O) groups excluding carboxylic acids is 1. The van der Waals surface area contributed by atoms with Gasteiger partial charge in [-0.3, -0.25) is 24.7 Å². The Labute approximate surface area is 174 Å². The van der Waals surface area contributed by atoms with Crippen molar-refractivity contribution in [3.8, 4) is 0 Å². The van der Waals surface area contributed by atoms with Crippen molar-refractivity contribution in [3.63, 3.8) is 0 Å². The number of ether oxygens (including phenoxy) is 1. The van der Waals surface area contributed by atoms with Gasteiger partial charge in [-0.15, -0.1) is 10.2 Å². The highest BCUT2D eigenvalue weighted by molar-refractivity contribution is 7.15. The second-order valence-corrected chi connectivity index (χ2v) is 7.85. The fourth-order valence-corrected chi connectivity index (χ4v) is 3.77. The molecule has 0 aliphatic rings. The molecule has 30 heavy (non-hydrogen) atoms. The van der Waals surface area contributed by atoms with E-state index in [2.05, 4.69) is 20.5 Å². The molecule has 4 aromatic rings. The summed E-state index contributed by atoms with van der Waals surface area (Å²) in [7, 11) is 1.54. The summed E-state index contributed by atoms with van der Waals surface area (Å²) in [6.07, 6.45) is 1.63. The van der Waals surface area contributed by atoms with Crippen molar-refractivity contribution in [2.75, 3.05) is 19.0 Å². The first kappa shape index (κ1) is 19.9. The van der Waals surface area contributed by atoms with Crippen LogP contribution in [0.25, 0.3) is 16.7 Å². The molecule has 154 valence electrons. The number of aryl methyl sites for hydroxylation is 2. The highest BCUT2D eigenvalue weighted by Gasteiger charge is 2.19. The number of aromatic nitrogens is 5. The first-order chi connectivity index (χ1) is 14.4. The quantitative estimate of drug-likeness (QED) is 0.467. The lowest BCUT2D eigenvalue weighted by Gasteiger charge is -2.14. The summed E-state index contributed by atoms with van der Waals surface area (Å²) in [5, 5.41) is 20.3. The normalized spacial score (nSPS) is 11.3. The molecule has 0 spiro atoms. The van der Waals surface area contributed by atoms with Gasteiger partial charge in [-0.05, 0) is 31.5 Å². The SMILES string of the molecule is COCCn1c(=N)c(C(=O)Nc2nnc(C)s2)cc2c(=O)n3cccc(C)c3nc21. The van der Waals surface area contributed by atoms with Crippen molar-refractivity contribution < 1.29 is 9.53 Å². The average Bonchev–Trinajstić information content (AvgIpc) is 3.12. The van der Waals surface area contributed by atoms with E-state index in [0.29, 0.717) is 28.0 Å². The topological polar surface area (TPSA) is 127 Å². The number of nitrogens with zero attached hydrogens (tertiary/aromatic N) is 5. The first-order valence-electron chi connectivity index (χ1n) is 9.11. The molecule has 4 aromatic heterocycles. The van der Waals surface area contributed by atoms with Crippen LogP contribution in [-0.4, -0.2) is 43.8 Å². The number of nitrogens with one attached hydrogen (secondary N) is 2. The zero-order valence-corrected chi connectivity index (χ0v) is 17.4. The molecule has 0 bridgehead atoms. The first-order valence-corrected chi connectivity index (χ1v) is 9.93. The van der Waals surface area contributed by atoms with Gasteiger partial charge in [0.15, 0.2) is 0 Å². The lowest BCUT2D eigenvalue weighted by molar-refractivity contribution is 0.102. The highest BCUT2D eigenvalue weighted by Crippen LogP contribution is 2.16.